The van der Waals surface area contributed by atoms with Crippen LogP contribution in [0.1, 0.15) is 31.1 Å². The largest absolute Gasteiger partial charge is 0.456 e. The number of carbonyl (C=O) groups is 1. The lowest BCUT2D eigenvalue weighted by Crippen LogP contribution is -2.23. The number of hydrogen-bond donors (Lipinski definition) is 1. The van der Waals surface area contributed by atoms with Gasteiger partial charge in [0.25, 0.3) is 0 Å². The fraction of sp³-hybridized carbons (Fsp3) is 0.286. The molecule has 94 valence electrons. The molecule has 2 aromatic rings. The molecular weight excluding hydrogens is 228 g/mol. The number of aromatic amines is 1. The van der Waals surface area contributed by atoms with Crippen LogP contribution in [0.15, 0.2) is 36.7 Å². The number of carbonyl (C=O) groups excluding carboxylic acids is 1. The smallest absolute Gasteiger partial charge is 0.338 e. The minimum atomic E-state index is -0.472. The number of esters is 1. The van der Waals surface area contributed by atoms with Crippen molar-refractivity contribution in [3.05, 3.63) is 42.2 Å². The van der Waals surface area contributed by atoms with Crippen molar-refractivity contribution in [3.8, 4) is 11.1 Å². The van der Waals surface area contributed by atoms with Crippen molar-refractivity contribution in [2.75, 3.05) is 0 Å². The fourth-order valence-electron chi connectivity index (χ4n) is 1.54. The second-order valence-corrected chi connectivity index (χ2v) is 5.07. The summed E-state index contributed by atoms with van der Waals surface area (Å²) in [5, 5.41) is 6.64. The van der Waals surface area contributed by atoms with Gasteiger partial charge < -0.3 is 4.74 Å². The first-order valence-corrected chi connectivity index (χ1v) is 5.78. The number of ether oxygens (including phenoxy) is 1. The van der Waals surface area contributed by atoms with Gasteiger partial charge >= 0.3 is 5.97 Å². The number of H-pyrrole nitrogens is 1. The molecule has 1 aromatic heterocycles. The van der Waals surface area contributed by atoms with Crippen molar-refractivity contribution in [2.24, 2.45) is 0 Å². The average Bonchev–Trinajstić information content (AvgIpc) is 2.80. The summed E-state index contributed by atoms with van der Waals surface area (Å²) in [6.45, 7) is 5.56. The first-order chi connectivity index (χ1) is 8.46. The van der Waals surface area contributed by atoms with E-state index in [-0.39, 0.29) is 5.97 Å². The van der Waals surface area contributed by atoms with E-state index in [1.165, 1.54) is 0 Å². The first kappa shape index (κ1) is 12.4. The zero-order chi connectivity index (χ0) is 13.2. The number of nitrogens with one attached hydrogen (secondary N) is 1. The van der Waals surface area contributed by atoms with Crippen LogP contribution in [0.2, 0.25) is 0 Å². The summed E-state index contributed by atoms with van der Waals surface area (Å²) in [5.74, 6) is -0.304. The number of nitrogens with zero attached hydrogens (tertiary/aromatic N) is 1. The highest BCUT2D eigenvalue weighted by Crippen LogP contribution is 2.19. The van der Waals surface area contributed by atoms with E-state index in [0.29, 0.717) is 5.56 Å². The molecule has 0 fully saturated rings. The number of hydrogen-bond acceptors (Lipinski definition) is 3. The summed E-state index contributed by atoms with van der Waals surface area (Å²) in [6.07, 6.45) is 3.55. The summed E-state index contributed by atoms with van der Waals surface area (Å²) >= 11 is 0. The lowest BCUT2D eigenvalue weighted by molar-refractivity contribution is 0.00696. The Morgan fingerprint density at radius 2 is 1.83 bits per heavy atom. The van der Waals surface area contributed by atoms with Crippen LogP contribution in [0.3, 0.4) is 0 Å². The Kier molecular flexibility index (Phi) is 3.19. The maximum atomic E-state index is 11.8. The molecule has 0 aliphatic carbocycles. The third kappa shape index (κ3) is 2.97. The highest BCUT2D eigenvalue weighted by molar-refractivity contribution is 5.90. The van der Waals surface area contributed by atoms with Gasteiger partial charge in [-0.25, -0.2) is 4.79 Å². The Labute approximate surface area is 106 Å². The molecule has 0 spiro atoms. The van der Waals surface area contributed by atoms with Gasteiger partial charge in [-0.2, -0.15) is 5.10 Å². The van der Waals surface area contributed by atoms with Gasteiger partial charge in [-0.15, -0.1) is 0 Å². The summed E-state index contributed by atoms with van der Waals surface area (Å²) in [6, 6.07) is 7.28. The predicted octanol–water partition coefficient (Wildman–Crippen LogP) is 3.03. The molecule has 0 amide bonds. The molecule has 0 unspecified atom stereocenters. The Morgan fingerprint density at radius 3 is 2.33 bits per heavy atom. The van der Waals surface area contributed by atoms with Crippen LogP contribution in [-0.4, -0.2) is 21.8 Å². The van der Waals surface area contributed by atoms with E-state index >= 15 is 0 Å². The maximum absolute atomic E-state index is 11.8. The maximum Gasteiger partial charge on any atom is 0.338 e. The number of rotatable bonds is 2. The minimum absolute atomic E-state index is 0.304. The first-order valence-electron chi connectivity index (χ1n) is 5.78. The molecule has 1 aromatic carbocycles. The van der Waals surface area contributed by atoms with Crippen LogP contribution in [0, 0.1) is 0 Å². The van der Waals surface area contributed by atoms with Crippen LogP contribution >= 0.6 is 0 Å². The zero-order valence-electron chi connectivity index (χ0n) is 10.7. The van der Waals surface area contributed by atoms with Crippen molar-refractivity contribution in [3.63, 3.8) is 0 Å². The van der Waals surface area contributed by atoms with Gasteiger partial charge in [0.2, 0.25) is 0 Å². The van der Waals surface area contributed by atoms with E-state index in [4.69, 9.17) is 4.74 Å². The average molecular weight is 244 g/mol. The molecule has 1 N–H and O–H groups in total. The summed E-state index contributed by atoms with van der Waals surface area (Å²) in [7, 11) is 0. The van der Waals surface area contributed by atoms with E-state index in [9.17, 15) is 4.79 Å². The normalized spacial score (nSPS) is 11.3. The van der Waals surface area contributed by atoms with Gasteiger partial charge in [-0.1, -0.05) is 12.1 Å². The second-order valence-electron chi connectivity index (χ2n) is 5.07. The van der Waals surface area contributed by atoms with Crippen molar-refractivity contribution < 1.29 is 9.53 Å². The minimum Gasteiger partial charge on any atom is -0.456 e. The van der Waals surface area contributed by atoms with Gasteiger partial charge in [-0.3, -0.25) is 5.10 Å². The SMILES string of the molecule is CC(C)(C)OC(=O)c1ccc(-c2cn[nH]c2)cc1. The fourth-order valence-corrected chi connectivity index (χ4v) is 1.54. The summed E-state index contributed by atoms with van der Waals surface area (Å²) in [4.78, 5) is 11.8. The van der Waals surface area contributed by atoms with E-state index < -0.39 is 5.60 Å². The van der Waals surface area contributed by atoms with Crippen molar-refractivity contribution in [2.45, 2.75) is 26.4 Å². The van der Waals surface area contributed by atoms with Gasteiger partial charge in [0.05, 0.1) is 11.8 Å². The quantitative estimate of drug-likeness (QED) is 0.826. The van der Waals surface area contributed by atoms with Crippen LogP contribution < -0.4 is 0 Å². The van der Waals surface area contributed by atoms with Crippen LogP contribution in [0.25, 0.3) is 11.1 Å². The third-order valence-electron chi connectivity index (χ3n) is 2.35. The number of aromatic nitrogens is 2. The molecule has 1 heterocycles. The van der Waals surface area contributed by atoms with Gasteiger partial charge in [-0.05, 0) is 38.5 Å². The molecule has 4 heteroatoms. The molecular formula is C14H16N2O2. The Hall–Kier alpha value is -2.10. The molecule has 0 aliphatic heterocycles. The highest BCUT2D eigenvalue weighted by atomic mass is 16.6. The zero-order valence-corrected chi connectivity index (χ0v) is 10.7. The lowest BCUT2D eigenvalue weighted by atomic mass is 10.1. The molecule has 0 aliphatic rings. The van der Waals surface area contributed by atoms with Crippen molar-refractivity contribution in [1.29, 1.82) is 0 Å². The standard InChI is InChI=1S/C14H16N2O2/c1-14(2,3)18-13(17)11-6-4-10(5-7-11)12-8-15-16-9-12/h4-9H,1-3H3,(H,15,16). The molecule has 0 bridgehead atoms. The van der Waals surface area contributed by atoms with E-state index in [2.05, 4.69) is 10.2 Å². The third-order valence-corrected chi connectivity index (χ3v) is 2.35. The molecule has 18 heavy (non-hydrogen) atoms. The van der Waals surface area contributed by atoms with Gasteiger partial charge in [0.1, 0.15) is 5.60 Å². The summed E-state index contributed by atoms with van der Waals surface area (Å²) < 4.78 is 5.30. The van der Waals surface area contributed by atoms with Crippen LogP contribution in [0.5, 0.6) is 0 Å². The summed E-state index contributed by atoms with van der Waals surface area (Å²) in [5.41, 5.74) is 2.08. The van der Waals surface area contributed by atoms with Crippen LogP contribution in [-0.2, 0) is 4.74 Å². The highest BCUT2D eigenvalue weighted by Gasteiger charge is 2.17. The van der Waals surface area contributed by atoms with E-state index in [1.807, 2.05) is 39.1 Å². The predicted molar refractivity (Wildman–Crippen MR) is 69.2 cm³/mol. The monoisotopic (exact) mass is 244 g/mol. The molecule has 0 radical (unpaired) electrons. The second kappa shape index (κ2) is 4.64. The van der Waals surface area contributed by atoms with E-state index in [0.717, 1.165) is 11.1 Å². The molecule has 4 nitrogen and oxygen atoms in total. The van der Waals surface area contributed by atoms with Gasteiger partial charge in [0, 0.05) is 11.8 Å². The Bertz CT molecular complexity index is 522. The van der Waals surface area contributed by atoms with E-state index in [1.54, 1.807) is 18.3 Å². The molecule has 0 atom stereocenters. The Balaban J connectivity index is 2.15. The lowest BCUT2D eigenvalue weighted by Gasteiger charge is -2.19. The van der Waals surface area contributed by atoms with Gasteiger partial charge in [0.15, 0.2) is 0 Å². The Morgan fingerprint density at radius 1 is 1.17 bits per heavy atom. The topological polar surface area (TPSA) is 55.0 Å². The molecule has 0 saturated carbocycles. The number of benzene rings is 1. The molecule has 2 rings (SSSR count). The molecule has 0 saturated heterocycles. The van der Waals surface area contributed by atoms with Crippen molar-refractivity contribution >= 4 is 5.97 Å². The van der Waals surface area contributed by atoms with Crippen molar-refractivity contribution in [1.82, 2.24) is 10.2 Å². The van der Waals surface area contributed by atoms with Crippen LogP contribution in [0.4, 0.5) is 0 Å².